The number of nitrogens with one attached hydrogen (secondary N) is 2. The molecule has 6 heteroatoms. The first-order valence-electron chi connectivity index (χ1n) is 6.83. The van der Waals surface area contributed by atoms with Gasteiger partial charge in [0.25, 0.3) is 0 Å². The summed E-state index contributed by atoms with van der Waals surface area (Å²) in [5.74, 6) is -1.19. The molecule has 0 spiro atoms. The van der Waals surface area contributed by atoms with Gasteiger partial charge in [0.2, 0.25) is 5.91 Å². The van der Waals surface area contributed by atoms with Crippen LogP contribution in [0.2, 0.25) is 0 Å². The summed E-state index contributed by atoms with van der Waals surface area (Å²) in [5, 5.41) is 14.9. The molecule has 0 saturated heterocycles. The Morgan fingerprint density at radius 2 is 2.05 bits per heavy atom. The predicted octanol–water partition coefficient (Wildman–Crippen LogP) is 2.77. The van der Waals surface area contributed by atoms with Gasteiger partial charge in [0.1, 0.15) is 5.54 Å². The fraction of sp³-hybridized carbons (Fsp3) is 0.467. The molecule has 0 aromatic heterocycles. The normalized spacial score (nSPS) is 13.5. The lowest BCUT2D eigenvalue weighted by Gasteiger charge is -2.25. The Morgan fingerprint density at radius 1 is 1.38 bits per heavy atom. The standard InChI is InChI=1S/C15H21IN2O3/c1-4-7-15(3,14(20)21)17-9-13(19)18-12-6-5-11(16)8-10(12)2/h5-6,8,17H,4,7,9H2,1-3H3,(H,18,19)(H,20,21). The zero-order valence-electron chi connectivity index (χ0n) is 12.5. The third-order valence-corrected chi connectivity index (χ3v) is 3.99. The van der Waals surface area contributed by atoms with E-state index < -0.39 is 11.5 Å². The van der Waals surface area contributed by atoms with Gasteiger partial charge < -0.3 is 10.4 Å². The molecule has 0 aliphatic heterocycles. The van der Waals surface area contributed by atoms with E-state index in [-0.39, 0.29) is 12.5 Å². The van der Waals surface area contributed by atoms with E-state index in [1.165, 1.54) is 0 Å². The second-order valence-corrected chi connectivity index (χ2v) is 6.49. The van der Waals surface area contributed by atoms with E-state index in [0.29, 0.717) is 6.42 Å². The fourth-order valence-corrected chi connectivity index (χ4v) is 2.65. The first-order chi connectivity index (χ1) is 9.78. The number of carboxylic acids is 1. The second-order valence-electron chi connectivity index (χ2n) is 5.25. The Morgan fingerprint density at radius 3 is 2.57 bits per heavy atom. The Balaban J connectivity index is 2.63. The van der Waals surface area contributed by atoms with Gasteiger partial charge >= 0.3 is 5.97 Å². The number of amides is 1. The van der Waals surface area contributed by atoms with Crippen LogP contribution in [0, 0.1) is 10.5 Å². The number of hydrogen-bond donors (Lipinski definition) is 3. The molecule has 5 nitrogen and oxygen atoms in total. The number of carbonyl (C=O) groups excluding carboxylic acids is 1. The summed E-state index contributed by atoms with van der Waals surface area (Å²) >= 11 is 2.21. The molecule has 1 atom stereocenters. The maximum absolute atomic E-state index is 12.0. The average Bonchev–Trinajstić information content (AvgIpc) is 2.40. The molecule has 0 aliphatic carbocycles. The molecule has 116 valence electrons. The lowest BCUT2D eigenvalue weighted by atomic mass is 9.96. The van der Waals surface area contributed by atoms with Crippen molar-refractivity contribution in [1.82, 2.24) is 5.32 Å². The average molecular weight is 404 g/mol. The van der Waals surface area contributed by atoms with Crippen molar-refractivity contribution in [3.05, 3.63) is 27.3 Å². The summed E-state index contributed by atoms with van der Waals surface area (Å²) in [6.07, 6.45) is 1.20. The van der Waals surface area contributed by atoms with Gasteiger partial charge in [-0.25, -0.2) is 0 Å². The molecule has 3 N–H and O–H groups in total. The van der Waals surface area contributed by atoms with Crippen LogP contribution in [0.3, 0.4) is 0 Å². The molecule has 1 unspecified atom stereocenters. The van der Waals surface area contributed by atoms with Crippen LogP contribution < -0.4 is 10.6 Å². The lowest BCUT2D eigenvalue weighted by molar-refractivity contribution is -0.144. The first kappa shape index (κ1) is 17.9. The summed E-state index contributed by atoms with van der Waals surface area (Å²) in [6.45, 7) is 5.40. The summed E-state index contributed by atoms with van der Waals surface area (Å²) in [7, 11) is 0. The molecule has 0 aliphatic rings. The zero-order chi connectivity index (χ0) is 16.0. The Kier molecular flexibility index (Phi) is 6.60. The highest BCUT2D eigenvalue weighted by atomic mass is 127. The Bertz CT molecular complexity index is 534. The number of benzene rings is 1. The maximum atomic E-state index is 12.0. The van der Waals surface area contributed by atoms with Crippen LogP contribution in [0.15, 0.2) is 18.2 Å². The van der Waals surface area contributed by atoms with Gasteiger partial charge in [-0.2, -0.15) is 0 Å². The predicted molar refractivity (Wildman–Crippen MR) is 91.5 cm³/mol. The van der Waals surface area contributed by atoms with Gasteiger partial charge in [-0.15, -0.1) is 0 Å². The van der Waals surface area contributed by atoms with E-state index in [1.54, 1.807) is 6.92 Å². The molecule has 1 aromatic rings. The lowest BCUT2D eigenvalue weighted by Crippen LogP contribution is -2.51. The molecule has 0 fully saturated rings. The number of rotatable bonds is 7. The number of anilines is 1. The van der Waals surface area contributed by atoms with Crippen LogP contribution in [0.4, 0.5) is 5.69 Å². The number of hydrogen-bond acceptors (Lipinski definition) is 3. The van der Waals surface area contributed by atoms with Gasteiger partial charge in [-0.05, 0) is 66.6 Å². The molecule has 0 radical (unpaired) electrons. The highest BCUT2D eigenvalue weighted by Gasteiger charge is 2.31. The van der Waals surface area contributed by atoms with Crippen molar-refractivity contribution in [2.75, 3.05) is 11.9 Å². The van der Waals surface area contributed by atoms with E-state index in [2.05, 4.69) is 33.2 Å². The first-order valence-corrected chi connectivity index (χ1v) is 7.91. The quantitative estimate of drug-likeness (QED) is 0.611. The molecule has 1 rings (SSSR count). The highest BCUT2D eigenvalue weighted by molar-refractivity contribution is 14.1. The zero-order valence-corrected chi connectivity index (χ0v) is 14.7. The molecule has 21 heavy (non-hydrogen) atoms. The van der Waals surface area contributed by atoms with Gasteiger partial charge in [0.05, 0.1) is 6.54 Å². The van der Waals surface area contributed by atoms with E-state index in [4.69, 9.17) is 0 Å². The second kappa shape index (κ2) is 7.74. The number of carbonyl (C=O) groups is 2. The Hall–Kier alpha value is -1.15. The molecule has 0 heterocycles. The van der Waals surface area contributed by atoms with Crippen LogP contribution in [-0.2, 0) is 9.59 Å². The van der Waals surface area contributed by atoms with E-state index in [0.717, 1.165) is 21.2 Å². The minimum Gasteiger partial charge on any atom is -0.480 e. The number of aliphatic carboxylic acids is 1. The van der Waals surface area contributed by atoms with Crippen molar-refractivity contribution in [2.24, 2.45) is 0 Å². The number of halogens is 1. The smallest absolute Gasteiger partial charge is 0.323 e. The van der Waals surface area contributed by atoms with Crippen molar-refractivity contribution in [3.8, 4) is 0 Å². The molecular weight excluding hydrogens is 383 g/mol. The topological polar surface area (TPSA) is 78.4 Å². The molecule has 0 bridgehead atoms. The largest absolute Gasteiger partial charge is 0.480 e. The van der Waals surface area contributed by atoms with Crippen molar-refractivity contribution < 1.29 is 14.7 Å². The monoisotopic (exact) mass is 404 g/mol. The van der Waals surface area contributed by atoms with Crippen molar-refractivity contribution in [2.45, 2.75) is 39.2 Å². The summed E-state index contributed by atoms with van der Waals surface area (Å²) in [6, 6.07) is 5.73. The fourth-order valence-electron chi connectivity index (χ4n) is 2.01. The van der Waals surface area contributed by atoms with Crippen LogP contribution in [0.1, 0.15) is 32.3 Å². The van der Waals surface area contributed by atoms with Gasteiger partial charge in [0.15, 0.2) is 0 Å². The molecule has 1 amide bonds. The van der Waals surface area contributed by atoms with Crippen LogP contribution in [0.5, 0.6) is 0 Å². The van der Waals surface area contributed by atoms with Crippen LogP contribution in [0.25, 0.3) is 0 Å². The minimum atomic E-state index is -1.08. The van der Waals surface area contributed by atoms with E-state index in [9.17, 15) is 14.7 Å². The summed E-state index contributed by atoms with van der Waals surface area (Å²) < 4.78 is 1.10. The van der Waals surface area contributed by atoms with Crippen LogP contribution >= 0.6 is 22.6 Å². The SMILES string of the molecule is CCCC(C)(NCC(=O)Nc1ccc(I)cc1C)C(=O)O. The maximum Gasteiger partial charge on any atom is 0.323 e. The molecule has 0 saturated carbocycles. The van der Waals surface area contributed by atoms with Crippen LogP contribution in [-0.4, -0.2) is 29.1 Å². The third-order valence-electron chi connectivity index (χ3n) is 3.32. The minimum absolute atomic E-state index is 0.0335. The summed E-state index contributed by atoms with van der Waals surface area (Å²) in [4.78, 5) is 23.2. The molecule has 1 aromatic carbocycles. The molecular formula is C15H21IN2O3. The van der Waals surface area contributed by atoms with Crippen molar-refractivity contribution in [1.29, 1.82) is 0 Å². The van der Waals surface area contributed by atoms with Crippen molar-refractivity contribution in [3.63, 3.8) is 0 Å². The van der Waals surface area contributed by atoms with Crippen molar-refractivity contribution >= 4 is 40.2 Å². The number of carboxylic acid groups (broad SMARTS) is 1. The number of aryl methyl sites for hydroxylation is 1. The third kappa shape index (κ3) is 5.28. The van der Waals surface area contributed by atoms with Gasteiger partial charge in [-0.3, -0.25) is 14.9 Å². The van der Waals surface area contributed by atoms with Gasteiger partial charge in [-0.1, -0.05) is 13.3 Å². The highest BCUT2D eigenvalue weighted by Crippen LogP contribution is 2.17. The summed E-state index contributed by atoms with van der Waals surface area (Å²) in [5.41, 5.74) is 0.646. The Labute approximate surface area is 138 Å². The van der Waals surface area contributed by atoms with E-state index >= 15 is 0 Å². The van der Waals surface area contributed by atoms with E-state index in [1.807, 2.05) is 32.0 Å². The van der Waals surface area contributed by atoms with Gasteiger partial charge in [0, 0.05) is 9.26 Å².